The van der Waals surface area contributed by atoms with Crippen LogP contribution in [0.25, 0.3) is 0 Å². The lowest BCUT2D eigenvalue weighted by Gasteiger charge is -2.29. The summed E-state index contributed by atoms with van der Waals surface area (Å²) in [6, 6.07) is 7.64. The van der Waals surface area contributed by atoms with Gasteiger partial charge in [-0.05, 0) is 25.0 Å². The highest BCUT2D eigenvalue weighted by molar-refractivity contribution is 7.11. The van der Waals surface area contributed by atoms with Crippen LogP contribution in [0.15, 0.2) is 35.5 Å². The zero-order valence-electron chi connectivity index (χ0n) is 15.7. The van der Waals surface area contributed by atoms with Crippen LogP contribution >= 0.6 is 11.3 Å². The van der Waals surface area contributed by atoms with Crippen LogP contribution in [0.2, 0.25) is 0 Å². The molecule has 0 spiro atoms. The van der Waals surface area contributed by atoms with E-state index in [4.69, 9.17) is 4.74 Å². The number of benzene rings is 1. The number of para-hydroxylation sites is 2. The number of carbonyl (C=O) groups excluding carboxylic acids is 1. The number of aromatic nitrogens is 1. The molecule has 2 aromatic rings. The van der Waals surface area contributed by atoms with Crippen LogP contribution in [0.3, 0.4) is 0 Å². The second kappa shape index (κ2) is 9.36. The largest absolute Gasteiger partial charge is 0.482 e. The van der Waals surface area contributed by atoms with Crippen LogP contribution in [0, 0.1) is 0 Å². The highest BCUT2D eigenvalue weighted by atomic mass is 32.1. The van der Waals surface area contributed by atoms with Crippen molar-refractivity contribution in [3.8, 4) is 5.75 Å². The molecule has 144 valence electrons. The topological polar surface area (TPSA) is 78.9 Å². The van der Waals surface area contributed by atoms with Crippen molar-refractivity contribution in [1.82, 2.24) is 15.6 Å². The number of nitrogens with zero attached hydrogens (tertiary/aromatic N) is 3. The van der Waals surface area contributed by atoms with Gasteiger partial charge in [0.05, 0.1) is 12.2 Å². The van der Waals surface area contributed by atoms with Gasteiger partial charge < -0.3 is 20.3 Å². The van der Waals surface area contributed by atoms with Crippen molar-refractivity contribution in [2.75, 3.05) is 31.6 Å². The summed E-state index contributed by atoms with van der Waals surface area (Å²) in [5.41, 5.74) is 0.840. The number of hydrogen-bond donors (Lipinski definition) is 2. The number of aryl methyl sites for hydroxylation is 1. The fraction of sp³-hybridized carbons (Fsp3) is 0.421. The predicted molar refractivity (Wildman–Crippen MR) is 109 cm³/mol. The molecule has 0 saturated carbocycles. The van der Waals surface area contributed by atoms with Crippen molar-refractivity contribution in [2.24, 2.45) is 4.99 Å². The summed E-state index contributed by atoms with van der Waals surface area (Å²) in [7, 11) is 1.75. The Hall–Kier alpha value is -2.61. The van der Waals surface area contributed by atoms with Crippen LogP contribution in [-0.2, 0) is 17.8 Å². The van der Waals surface area contributed by atoms with Gasteiger partial charge in [-0.1, -0.05) is 19.1 Å². The van der Waals surface area contributed by atoms with Gasteiger partial charge in [-0.3, -0.25) is 9.79 Å². The van der Waals surface area contributed by atoms with Gasteiger partial charge >= 0.3 is 0 Å². The zero-order chi connectivity index (χ0) is 19.1. The molecule has 2 heterocycles. The number of carbonyl (C=O) groups is 1. The second-order valence-electron chi connectivity index (χ2n) is 6.08. The minimum absolute atomic E-state index is 0.00768. The first-order valence-electron chi connectivity index (χ1n) is 9.11. The van der Waals surface area contributed by atoms with Crippen molar-refractivity contribution in [2.45, 2.75) is 26.3 Å². The maximum absolute atomic E-state index is 12.2. The number of fused-ring (bicyclic) bond motifs is 1. The Labute approximate surface area is 163 Å². The number of guanidine groups is 1. The van der Waals surface area contributed by atoms with Gasteiger partial charge in [0.2, 0.25) is 0 Å². The molecule has 27 heavy (non-hydrogen) atoms. The number of amides is 1. The number of nitrogens with one attached hydrogen (secondary N) is 2. The molecule has 0 fully saturated rings. The molecule has 8 heteroatoms. The summed E-state index contributed by atoms with van der Waals surface area (Å²) in [6.45, 7) is 4.23. The number of ether oxygens (including phenoxy) is 1. The van der Waals surface area contributed by atoms with Crippen LogP contribution in [-0.4, -0.2) is 43.6 Å². The van der Waals surface area contributed by atoms with Gasteiger partial charge in [0.15, 0.2) is 12.6 Å². The molecule has 1 aromatic heterocycles. The van der Waals surface area contributed by atoms with E-state index in [1.165, 1.54) is 4.88 Å². The van der Waals surface area contributed by atoms with E-state index < -0.39 is 0 Å². The van der Waals surface area contributed by atoms with Gasteiger partial charge in [0.1, 0.15) is 10.8 Å². The normalized spacial score (nSPS) is 13.9. The Balaban J connectivity index is 1.44. The third-order valence-corrected chi connectivity index (χ3v) is 5.38. The first-order valence-corrected chi connectivity index (χ1v) is 9.93. The highest BCUT2D eigenvalue weighted by Gasteiger charge is 2.24. The minimum Gasteiger partial charge on any atom is -0.482 e. The van der Waals surface area contributed by atoms with E-state index in [2.05, 4.69) is 27.5 Å². The number of thiazole rings is 1. The lowest BCUT2D eigenvalue weighted by molar-refractivity contribution is -0.121. The quantitative estimate of drug-likeness (QED) is 0.433. The molecule has 3 rings (SSSR count). The van der Waals surface area contributed by atoms with E-state index in [0.717, 1.165) is 35.2 Å². The summed E-state index contributed by atoms with van der Waals surface area (Å²) in [6.07, 6.45) is 3.74. The molecule has 1 aromatic carbocycles. The zero-order valence-corrected chi connectivity index (χ0v) is 16.5. The smallest absolute Gasteiger partial charge is 0.265 e. The second-order valence-corrected chi connectivity index (χ2v) is 7.28. The average Bonchev–Trinajstić information content (AvgIpc) is 3.17. The number of rotatable bonds is 7. The van der Waals surface area contributed by atoms with E-state index in [9.17, 15) is 4.79 Å². The van der Waals surface area contributed by atoms with Gasteiger partial charge in [-0.2, -0.15) is 0 Å². The lowest BCUT2D eigenvalue weighted by atomic mass is 10.2. The molecular formula is C19H25N5O2S. The molecule has 0 saturated heterocycles. The molecule has 0 bridgehead atoms. The summed E-state index contributed by atoms with van der Waals surface area (Å²) in [4.78, 5) is 23.9. The van der Waals surface area contributed by atoms with Crippen LogP contribution in [0.5, 0.6) is 5.75 Å². The van der Waals surface area contributed by atoms with Crippen molar-refractivity contribution in [3.63, 3.8) is 0 Å². The van der Waals surface area contributed by atoms with Crippen LogP contribution in [0.1, 0.15) is 23.2 Å². The maximum atomic E-state index is 12.2. The van der Waals surface area contributed by atoms with Gasteiger partial charge in [0, 0.05) is 31.2 Å². The van der Waals surface area contributed by atoms with Crippen molar-refractivity contribution in [3.05, 3.63) is 40.3 Å². The summed E-state index contributed by atoms with van der Waals surface area (Å²) >= 11 is 1.71. The molecule has 7 nitrogen and oxygen atoms in total. The number of hydrogen-bond acceptors (Lipinski definition) is 5. The van der Waals surface area contributed by atoms with Gasteiger partial charge in [-0.15, -0.1) is 11.3 Å². The third kappa shape index (κ3) is 4.97. The van der Waals surface area contributed by atoms with Gasteiger partial charge in [0.25, 0.3) is 5.91 Å². The summed E-state index contributed by atoms with van der Waals surface area (Å²) in [5, 5.41) is 7.60. The Kier molecular flexibility index (Phi) is 6.64. The first-order chi connectivity index (χ1) is 13.2. The SMILES string of the molecule is CCc1cnc(CNC(=NC)NCCCN2C(=O)COc3ccccc32)s1. The molecule has 1 amide bonds. The Morgan fingerprint density at radius 3 is 3.00 bits per heavy atom. The van der Waals surface area contributed by atoms with E-state index in [1.54, 1.807) is 23.3 Å². The fourth-order valence-corrected chi connectivity index (χ4v) is 3.62. The number of anilines is 1. The van der Waals surface area contributed by atoms with Crippen molar-refractivity contribution >= 4 is 28.9 Å². The van der Waals surface area contributed by atoms with E-state index in [1.807, 2.05) is 30.5 Å². The van der Waals surface area contributed by atoms with E-state index >= 15 is 0 Å². The predicted octanol–water partition coefficient (Wildman–Crippen LogP) is 2.19. The lowest BCUT2D eigenvalue weighted by Crippen LogP contribution is -2.41. The molecule has 0 unspecified atom stereocenters. The molecular weight excluding hydrogens is 362 g/mol. The minimum atomic E-state index is -0.00768. The van der Waals surface area contributed by atoms with E-state index in [-0.39, 0.29) is 12.5 Å². The molecule has 0 radical (unpaired) electrons. The van der Waals surface area contributed by atoms with E-state index in [0.29, 0.717) is 19.6 Å². The standard InChI is InChI=1S/C19H25N5O2S/c1-3-14-11-22-17(27-14)12-23-19(20-2)21-9-6-10-24-15-7-4-5-8-16(15)26-13-18(24)25/h4-5,7-8,11H,3,6,9-10,12-13H2,1-2H3,(H2,20,21,23). The Bertz CT molecular complexity index is 805. The Morgan fingerprint density at radius 1 is 1.37 bits per heavy atom. The highest BCUT2D eigenvalue weighted by Crippen LogP contribution is 2.31. The molecule has 1 aliphatic heterocycles. The van der Waals surface area contributed by atoms with Crippen LogP contribution in [0.4, 0.5) is 5.69 Å². The van der Waals surface area contributed by atoms with Gasteiger partial charge in [-0.25, -0.2) is 4.98 Å². The summed E-state index contributed by atoms with van der Waals surface area (Å²) in [5.74, 6) is 1.49. The Morgan fingerprint density at radius 2 is 2.22 bits per heavy atom. The maximum Gasteiger partial charge on any atom is 0.265 e. The number of aliphatic imine (C=N–C) groups is 1. The average molecular weight is 388 g/mol. The molecule has 0 atom stereocenters. The third-order valence-electron chi connectivity index (χ3n) is 4.24. The molecule has 1 aliphatic rings. The summed E-state index contributed by atoms with van der Waals surface area (Å²) < 4.78 is 5.47. The fourth-order valence-electron chi connectivity index (χ4n) is 2.82. The van der Waals surface area contributed by atoms with Crippen molar-refractivity contribution in [1.29, 1.82) is 0 Å². The first kappa shape index (κ1) is 19.2. The molecule has 0 aliphatic carbocycles. The monoisotopic (exact) mass is 387 g/mol. The van der Waals surface area contributed by atoms with Crippen molar-refractivity contribution < 1.29 is 9.53 Å². The molecule has 2 N–H and O–H groups in total. The van der Waals surface area contributed by atoms with Crippen LogP contribution < -0.4 is 20.3 Å².